The summed E-state index contributed by atoms with van der Waals surface area (Å²) in [5.41, 5.74) is 0.924. The van der Waals surface area contributed by atoms with Gasteiger partial charge >= 0.3 is 0 Å². The lowest BCUT2D eigenvalue weighted by Gasteiger charge is -2.00. The second kappa shape index (κ2) is 4.56. The normalized spacial score (nSPS) is 10.9. The molecule has 0 aliphatic rings. The first-order valence-corrected chi connectivity index (χ1v) is 6.05. The molecule has 2 nitrogen and oxygen atoms in total. The van der Waals surface area contributed by atoms with Crippen LogP contribution in [0.3, 0.4) is 0 Å². The van der Waals surface area contributed by atoms with Crippen molar-refractivity contribution < 1.29 is 18.0 Å². The minimum absolute atomic E-state index is 0.0744. The average Bonchev–Trinajstić information content (AvgIpc) is 2.81. The molecule has 0 atom stereocenters. The largest absolute Gasteiger partial charge is 0.453 e. The van der Waals surface area contributed by atoms with Gasteiger partial charge in [0.25, 0.3) is 0 Å². The molecule has 0 spiro atoms. The van der Waals surface area contributed by atoms with Crippen molar-refractivity contribution in [1.29, 1.82) is 0 Å². The Morgan fingerprint density at radius 1 is 1.05 bits per heavy atom. The summed E-state index contributed by atoms with van der Waals surface area (Å²) in [6.45, 7) is 1.91. The fraction of sp³-hybridized carbons (Fsp3) is 0.0625. The van der Waals surface area contributed by atoms with Crippen LogP contribution in [0.4, 0.5) is 8.78 Å². The molecule has 0 saturated carbocycles. The maximum Gasteiger partial charge on any atom is 0.234 e. The number of hydrogen-bond acceptors (Lipinski definition) is 2. The summed E-state index contributed by atoms with van der Waals surface area (Å²) >= 11 is 0. The molecule has 1 heterocycles. The van der Waals surface area contributed by atoms with Crippen LogP contribution in [0.25, 0.3) is 11.0 Å². The van der Waals surface area contributed by atoms with Crippen molar-refractivity contribution in [3.05, 3.63) is 71.0 Å². The molecule has 4 heteroatoms. The number of fused-ring (bicyclic) bond motifs is 1. The third-order valence-electron chi connectivity index (χ3n) is 3.09. The highest BCUT2D eigenvalue weighted by Crippen LogP contribution is 2.24. The molecule has 0 amide bonds. The van der Waals surface area contributed by atoms with Crippen LogP contribution in [-0.2, 0) is 0 Å². The summed E-state index contributed by atoms with van der Waals surface area (Å²) in [6.07, 6.45) is 0. The van der Waals surface area contributed by atoms with Crippen LogP contribution >= 0.6 is 0 Å². The van der Waals surface area contributed by atoms with Crippen molar-refractivity contribution in [2.45, 2.75) is 6.92 Å². The number of halogens is 2. The SMILES string of the molecule is Cc1ccc2oc(C(=O)c3c(F)cccc3F)cc2c1. The molecule has 0 fully saturated rings. The molecule has 20 heavy (non-hydrogen) atoms. The summed E-state index contributed by atoms with van der Waals surface area (Å²) in [5, 5.41) is 0.727. The lowest BCUT2D eigenvalue weighted by atomic mass is 10.1. The number of benzene rings is 2. The van der Waals surface area contributed by atoms with Gasteiger partial charge in [-0.15, -0.1) is 0 Å². The number of rotatable bonds is 2. The van der Waals surface area contributed by atoms with Crippen LogP contribution in [0.1, 0.15) is 21.7 Å². The van der Waals surface area contributed by atoms with E-state index in [0.717, 1.165) is 23.1 Å². The molecule has 0 unspecified atom stereocenters. The molecular weight excluding hydrogens is 262 g/mol. The summed E-state index contributed by atoms with van der Waals surface area (Å²) in [7, 11) is 0. The topological polar surface area (TPSA) is 30.2 Å². The van der Waals surface area contributed by atoms with Gasteiger partial charge in [-0.05, 0) is 37.3 Å². The monoisotopic (exact) mass is 272 g/mol. The number of furan rings is 1. The summed E-state index contributed by atoms with van der Waals surface area (Å²) in [5.74, 6) is -2.66. The molecule has 3 aromatic rings. The highest BCUT2D eigenvalue weighted by molar-refractivity contribution is 6.09. The van der Waals surface area contributed by atoms with E-state index in [2.05, 4.69) is 0 Å². The van der Waals surface area contributed by atoms with Crippen molar-refractivity contribution in [3.63, 3.8) is 0 Å². The van der Waals surface area contributed by atoms with Crippen LogP contribution in [-0.4, -0.2) is 5.78 Å². The van der Waals surface area contributed by atoms with Crippen molar-refractivity contribution in [1.82, 2.24) is 0 Å². The summed E-state index contributed by atoms with van der Waals surface area (Å²) in [4.78, 5) is 12.2. The minimum Gasteiger partial charge on any atom is -0.453 e. The zero-order valence-electron chi connectivity index (χ0n) is 10.6. The summed E-state index contributed by atoms with van der Waals surface area (Å²) in [6, 6.07) is 10.2. The fourth-order valence-corrected chi connectivity index (χ4v) is 2.11. The third kappa shape index (κ3) is 1.99. The number of carbonyl (C=O) groups excluding carboxylic acids is 1. The van der Waals surface area contributed by atoms with Gasteiger partial charge < -0.3 is 4.42 Å². The highest BCUT2D eigenvalue weighted by atomic mass is 19.1. The minimum atomic E-state index is -0.897. The molecule has 100 valence electrons. The first kappa shape index (κ1) is 12.5. The molecule has 3 rings (SSSR count). The first-order valence-electron chi connectivity index (χ1n) is 6.05. The number of hydrogen-bond donors (Lipinski definition) is 0. The van der Waals surface area contributed by atoms with Crippen molar-refractivity contribution >= 4 is 16.8 Å². The van der Waals surface area contributed by atoms with Gasteiger partial charge in [0.2, 0.25) is 5.78 Å². The Morgan fingerprint density at radius 2 is 1.75 bits per heavy atom. The van der Waals surface area contributed by atoms with Crippen molar-refractivity contribution in [2.75, 3.05) is 0 Å². The van der Waals surface area contributed by atoms with Gasteiger partial charge in [-0.1, -0.05) is 17.7 Å². The van der Waals surface area contributed by atoms with Gasteiger partial charge in [0.1, 0.15) is 17.2 Å². The molecule has 0 bridgehead atoms. The zero-order chi connectivity index (χ0) is 14.3. The molecule has 0 radical (unpaired) electrons. The average molecular weight is 272 g/mol. The van der Waals surface area contributed by atoms with E-state index in [9.17, 15) is 13.6 Å². The Hall–Kier alpha value is -2.49. The van der Waals surface area contributed by atoms with Gasteiger partial charge in [0.15, 0.2) is 5.76 Å². The lowest BCUT2D eigenvalue weighted by Crippen LogP contribution is -2.06. The van der Waals surface area contributed by atoms with E-state index in [1.165, 1.54) is 12.1 Å². The van der Waals surface area contributed by atoms with Gasteiger partial charge in [0, 0.05) is 5.39 Å². The molecule has 0 aliphatic heterocycles. The predicted octanol–water partition coefficient (Wildman–Crippen LogP) is 4.25. The second-order valence-corrected chi connectivity index (χ2v) is 4.58. The molecular formula is C16H10F2O2. The van der Waals surface area contributed by atoms with Crippen molar-refractivity contribution in [2.24, 2.45) is 0 Å². The van der Waals surface area contributed by atoms with Crippen LogP contribution in [0.15, 0.2) is 46.9 Å². The fourth-order valence-electron chi connectivity index (χ4n) is 2.11. The van der Waals surface area contributed by atoms with Gasteiger partial charge in [-0.25, -0.2) is 8.78 Å². The molecule has 0 N–H and O–H groups in total. The first-order chi connectivity index (χ1) is 9.56. The highest BCUT2D eigenvalue weighted by Gasteiger charge is 2.22. The number of ketones is 1. The predicted molar refractivity (Wildman–Crippen MR) is 70.7 cm³/mol. The Morgan fingerprint density at radius 3 is 2.45 bits per heavy atom. The van der Waals surface area contributed by atoms with E-state index >= 15 is 0 Å². The number of carbonyl (C=O) groups is 1. The van der Waals surface area contributed by atoms with Crippen LogP contribution in [0, 0.1) is 18.6 Å². The molecule has 2 aromatic carbocycles. The Balaban J connectivity index is 2.13. The van der Waals surface area contributed by atoms with Crippen LogP contribution in [0.5, 0.6) is 0 Å². The third-order valence-corrected chi connectivity index (χ3v) is 3.09. The van der Waals surface area contributed by atoms with Crippen LogP contribution in [0.2, 0.25) is 0 Å². The van der Waals surface area contributed by atoms with E-state index in [4.69, 9.17) is 4.42 Å². The Labute approximate surface area is 113 Å². The Bertz CT molecular complexity index is 798. The van der Waals surface area contributed by atoms with Gasteiger partial charge in [0.05, 0.1) is 5.56 Å². The van der Waals surface area contributed by atoms with Crippen molar-refractivity contribution in [3.8, 4) is 0 Å². The standard InChI is InChI=1S/C16H10F2O2/c1-9-5-6-13-10(7-9)8-14(20-13)16(19)15-11(17)3-2-4-12(15)18/h2-8H,1H3. The van der Waals surface area contributed by atoms with Gasteiger partial charge in [-0.2, -0.15) is 0 Å². The maximum absolute atomic E-state index is 13.6. The smallest absolute Gasteiger partial charge is 0.234 e. The van der Waals surface area contributed by atoms with E-state index in [-0.39, 0.29) is 5.76 Å². The summed E-state index contributed by atoms with van der Waals surface area (Å²) < 4.78 is 32.6. The van der Waals surface area contributed by atoms with Crippen LogP contribution < -0.4 is 0 Å². The lowest BCUT2D eigenvalue weighted by molar-refractivity contribution is 0.100. The second-order valence-electron chi connectivity index (χ2n) is 4.58. The quantitative estimate of drug-likeness (QED) is 0.653. The van der Waals surface area contributed by atoms with E-state index in [1.807, 2.05) is 19.1 Å². The molecule has 0 aliphatic carbocycles. The maximum atomic E-state index is 13.6. The van der Waals surface area contributed by atoms with Gasteiger partial charge in [-0.3, -0.25) is 4.79 Å². The molecule has 0 saturated heterocycles. The van der Waals surface area contributed by atoms with E-state index in [1.54, 1.807) is 6.07 Å². The molecule has 1 aromatic heterocycles. The zero-order valence-corrected chi connectivity index (χ0v) is 10.6. The Kier molecular flexibility index (Phi) is 2.86. The van der Waals surface area contributed by atoms with E-state index < -0.39 is 23.0 Å². The number of aryl methyl sites for hydroxylation is 1. The van der Waals surface area contributed by atoms with E-state index in [0.29, 0.717) is 5.58 Å².